The Balaban J connectivity index is 0.00000364. The largest absolute Gasteiger partial charge is 0.496 e. The molecule has 0 spiro atoms. The Kier molecular flexibility index (Phi) is 12.2. The van der Waals surface area contributed by atoms with Crippen molar-refractivity contribution in [2.75, 3.05) is 26.8 Å². The molecule has 1 heterocycles. The van der Waals surface area contributed by atoms with Crippen LogP contribution in [0.2, 0.25) is 0 Å². The summed E-state index contributed by atoms with van der Waals surface area (Å²) in [5.74, 6) is 2.46. The SMILES string of the molecule is CCNC(=NCc1ccc(OC)c(Br)c1)NCCCOCc1ccco1.I. The van der Waals surface area contributed by atoms with Gasteiger partial charge in [-0.05, 0) is 59.1 Å². The number of benzene rings is 1. The standard InChI is InChI=1S/C19H26BrN3O3.HI/c1-3-21-19(22-9-5-10-25-14-16-6-4-11-26-16)23-13-15-7-8-18(24-2)17(20)12-15;/h4,6-8,11-12H,3,5,9-10,13-14H2,1-2H3,(H2,21,22,23);1H. The second-order valence-corrected chi connectivity index (χ2v) is 6.43. The van der Waals surface area contributed by atoms with Gasteiger partial charge in [0.05, 0.1) is 24.4 Å². The summed E-state index contributed by atoms with van der Waals surface area (Å²) in [4.78, 5) is 4.62. The van der Waals surface area contributed by atoms with Crippen molar-refractivity contribution in [3.63, 3.8) is 0 Å². The number of hydrogen-bond donors (Lipinski definition) is 2. The summed E-state index contributed by atoms with van der Waals surface area (Å²) in [6.07, 6.45) is 2.54. The molecule has 0 unspecified atom stereocenters. The fourth-order valence-corrected chi connectivity index (χ4v) is 2.86. The van der Waals surface area contributed by atoms with E-state index in [2.05, 4.69) is 31.6 Å². The normalized spacial score (nSPS) is 11.0. The van der Waals surface area contributed by atoms with E-state index in [0.29, 0.717) is 19.8 Å². The highest BCUT2D eigenvalue weighted by molar-refractivity contribution is 14.0. The zero-order valence-electron chi connectivity index (χ0n) is 15.7. The van der Waals surface area contributed by atoms with Gasteiger partial charge in [-0.3, -0.25) is 0 Å². The molecule has 8 heteroatoms. The summed E-state index contributed by atoms with van der Waals surface area (Å²) in [5, 5.41) is 6.57. The van der Waals surface area contributed by atoms with Crippen LogP contribution >= 0.6 is 39.9 Å². The van der Waals surface area contributed by atoms with Gasteiger partial charge >= 0.3 is 0 Å². The molecule has 0 saturated carbocycles. The Hall–Kier alpha value is -1.26. The van der Waals surface area contributed by atoms with E-state index in [-0.39, 0.29) is 24.0 Å². The van der Waals surface area contributed by atoms with Crippen LogP contribution in [0.4, 0.5) is 0 Å². The Bertz CT molecular complexity index is 681. The lowest BCUT2D eigenvalue weighted by Gasteiger charge is -2.11. The van der Waals surface area contributed by atoms with Crippen LogP contribution < -0.4 is 15.4 Å². The van der Waals surface area contributed by atoms with E-state index in [1.54, 1.807) is 13.4 Å². The van der Waals surface area contributed by atoms with E-state index in [1.165, 1.54) is 0 Å². The zero-order valence-corrected chi connectivity index (χ0v) is 19.6. The molecule has 27 heavy (non-hydrogen) atoms. The second kappa shape index (κ2) is 13.8. The minimum absolute atomic E-state index is 0. The monoisotopic (exact) mass is 551 g/mol. The first-order valence-corrected chi connectivity index (χ1v) is 9.47. The molecule has 1 aromatic carbocycles. The van der Waals surface area contributed by atoms with E-state index >= 15 is 0 Å². The molecule has 0 fully saturated rings. The van der Waals surface area contributed by atoms with Gasteiger partial charge in [-0.15, -0.1) is 24.0 Å². The van der Waals surface area contributed by atoms with Crippen LogP contribution in [0.25, 0.3) is 0 Å². The van der Waals surface area contributed by atoms with Crippen LogP contribution in [0.3, 0.4) is 0 Å². The predicted molar refractivity (Wildman–Crippen MR) is 122 cm³/mol. The molecular weight excluding hydrogens is 525 g/mol. The Morgan fingerprint density at radius 2 is 2.11 bits per heavy atom. The molecule has 0 atom stereocenters. The number of halogens is 2. The smallest absolute Gasteiger partial charge is 0.191 e. The van der Waals surface area contributed by atoms with Gasteiger partial charge < -0.3 is 24.5 Å². The predicted octanol–water partition coefficient (Wildman–Crippen LogP) is 4.33. The summed E-state index contributed by atoms with van der Waals surface area (Å²) in [6, 6.07) is 9.74. The third kappa shape index (κ3) is 8.98. The number of guanidine groups is 1. The molecule has 0 radical (unpaired) electrons. The molecule has 0 aliphatic carbocycles. The van der Waals surface area contributed by atoms with Gasteiger partial charge in [-0.25, -0.2) is 4.99 Å². The molecule has 150 valence electrons. The van der Waals surface area contributed by atoms with E-state index in [4.69, 9.17) is 13.9 Å². The van der Waals surface area contributed by atoms with Crippen molar-refractivity contribution in [2.24, 2.45) is 4.99 Å². The van der Waals surface area contributed by atoms with Crippen molar-refractivity contribution in [1.29, 1.82) is 0 Å². The van der Waals surface area contributed by atoms with Crippen molar-refractivity contribution in [2.45, 2.75) is 26.5 Å². The number of nitrogens with one attached hydrogen (secondary N) is 2. The third-order valence-electron chi connectivity index (χ3n) is 3.56. The van der Waals surface area contributed by atoms with E-state index in [1.807, 2.05) is 37.3 Å². The molecule has 2 N–H and O–H groups in total. The second-order valence-electron chi connectivity index (χ2n) is 5.58. The number of rotatable bonds is 10. The van der Waals surface area contributed by atoms with Crippen LogP contribution in [0.5, 0.6) is 5.75 Å². The van der Waals surface area contributed by atoms with Crippen molar-refractivity contribution in [3.05, 3.63) is 52.4 Å². The first-order chi connectivity index (χ1) is 12.7. The number of aliphatic imine (C=N–C) groups is 1. The highest BCUT2D eigenvalue weighted by Gasteiger charge is 2.02. The van der Waals surface area contributed by atoms with E-state index in [9.17, 15) is 0 Å². The van der Waals surface area contributed by atoms with Crippen LogP contribution in [0, 0.1) is 0 Å². The summed E-state index contributed by atoms with van der Waals surface area (Å²) >= 11 is 3.50. The maximum atomic E-state index is 5.57. The molecule has 0 bridgehead atoms. The van der Waals surface area contributed by atoms with Gasteiger partial charge in [0, 0.05) is 19.7 Å². The minimum Gasteiger partial charge on any atom is -0.496 e. The van der Waals surface area contributed by atoms with E-state index < -0.39 is 0 Å². The lowest BCUT2D eigenvalue weighted by atomic mass is 10.2. The Morgan fingerprint density at radius 3 is 2.78 bits per heavy atom. The molecule has 2 aromatic rings. The van der Waals surface area contributed by atoms with E-state index in [0.717, 1.165) is 47.0 Å². The maximum absolute atomic E-state index is 5.57. The fraction of sp³-hybridized carbons (Fsp3) is 0.421. The highest BCUT2D eigenvalue weighted by Crippen LogP contribution is 2.25. The number of nitrogens with zero attached hydrogens (tertiary/aromatic N) is 1. The maximum Gasteiger partial charge on any atom is 0.191 e. The number of methoxy groups -OCH3 is 1. The molecule has 6 nitrogen and oxygen atoms in total. The van der Waals surface area contributed by atoms with Crippen LogP contribution in [0.15, 0.2) is 50.5 Å². The molecule has 0 saturated heterocycles. The lowest BCUT2D eigenvalue weighted by Crippen LogP contribution is -2.38. The Morgan fingerprint density at radius 1 is 1.26 bits per heavy atom. The van der Waals surface area contributed by atoms with Gasteiger partial charge in [0.1, 0.15) is 18.1 Å². The average Bonchev–Trinajstić information content (AvgIpc) is 3.16. The lowest BCUT2D eigenvalue weighted by molar-refractivity contribution is 0.105. The molecule has 1 aromatic heterocycles. The number of furan rings is 1. The number of ether oxygens (including phenoxy) is 2. The summed E-state index contributed by atoms with van der Waals surface area (Å²) in [5.41, 5.74) is 1.11. The third-order valence-corrected chi connectivity index (χ3v) is 4.18. The van der Waals surface area contributed by atoms with Crippen molar-refractivity contribution in [1.82, 2.24) is 10.6 Å². The molecule has 0 aliphatic heterocycles. The summed E-state index contributed by atoms with van der Waals surface area (Å²) < 4.78 is 17.0. The van der Waals surface area contributed by atoms with Gasteiger partial charge in [0.15, 0.2) is 5.96 Å². The molecule has 0 amide bonds. The topological polar surface area (TPSA) is 68.0 Å². The fourth-order valence-electron chi connectivity index (χ4n) is 2.27. The zero-order chi connectivity index (χ0) is 18.6. The van der Waals surface area contributed by atoms with Crippen LogP contribution in [0.1, 0.15) is 24.7 Å². The van der Waals surface area contributed by atoms with Crippen LogP contribution in [-0.4, -0.2) is 32.8 Å². The van der Waals surface area contributed by atoms with Crippen LogP contribution in [-0.2, 0) is 17.9 Å². The summed E-state index contributed by atoms with van der Waals surface area (Å²) in [7, 11) is 1.66. The number of hydrogen-bond acceptors (Lipinski definition) is 4. The average molecular weight is 552 g/mol. The van der Waals surface area contributed by atoms with Gasteiger partial charge in [0.25, 0.3) is 0 Å². The molecular formula is C19H27BrIN3O3. The highest BCUT2D eigenvalue weighted by atomic mass is 127. The first kappa shape index (κ1) is 23.8. The minimum atomic E-state index is 0. The Labute approximate surface area is 186 Å². The first-order valence-electron chi connectivity index (χ1n) is 8.67. The molecule has 2 rings (SSSR count). The van der Waals surface area contributed by atoms with Crippen molar-refractivity contribution >= 4 is 45.9 Å². The quantitative estimate of drug-likeness (QED) is 0.199. The van der Waals surface area contributed by atoms with Crippen molar-refractivity contribution < 1.29 is 13.9 Å². The molecule has 0 aliphatic rings. The van der Waals surface area contributed by atoms with Gasteiger partial charge in [-0.2, -0.15) is 0 Å². The van der Waals surface area contributed by atoms with Gasteiger partial charge in [-0.1, -0.05) is 6.07 Å². The van der Waals surface area contributed by atoms with Gasteiger partial charge in [0.2, 0.25) is 0 Å². The van der Waals surface area contributed by atoms with Crippen molar-refractivity contribution in [3.8, 4) is 5.75 Å². The summed E-state index contributed by atoms with van der Waals surface area (Å²) in [6.45, 7) is 5.41.